The predicted molar refractivity (Wildman–Crippen MR) is 85.3 cm³/mol. The number of benzene rings is 1. The zero-order valence-corrected chi connectivity index (χ0v) is 13.2. The molecular weight excluding hydrogens is 248 g/mol. The standard InChI is InChI=1S/C17H28N2O/c1-5-15-10-14(8-9-19(15)4)13-6-7-16(18)17(11-13)20-12(2)3/h6-7,11-12,14-15H,5,8-10,18H2,1-4H3. The van der Waals surface area contributed by atoms with Gasteiger partial charge < -0.3 is 15.4 Å². The highest BCUT2D eigenvalue weighted by Crippen LogP contribution is 2.35. The summed E-state index contributed by atoms with van der Waals surface area (Å²) in [6.07, 6.45) is 3.83. The molecule has 2 N–H and O–H groups in total. The Hall–Kier alpha value is -1.22. The van der Waals surface area contributed by atoms with Crippen LogP contribution in [0.15, 0.2) is 18.2 Å². The summed E-state index contributed by atoms with van der Waals surface area (Å²) in [5.74, 6) is 1.47. The summed E-state index contributed by atoms with van der Waals surface area (Å²) in [6, 6.07) is 7.01. The number of hydrogen-bond donors (Lipinski definition) is 1. The molecule has 3 nitrogen and oxygen atoms in total. The number of anilines is 1. The lowest BCUT2D eigenvalue weighted by molar-refractivity contribution is 0.164. The van der Waals surface area contributed by atoms with Crippen molar-refractivity contribution < 1.29 is 4.74 Å². The maximum absolute atomic E-state index is 6.01. The molecule has 0 aromatic heterocycles. The SMILES string of the molecule is CCC1CC(c2ccc(N)c(OC(C)C)c2)CCN1C. The lowest BCUT2D eigenvalue weighted by Gasteiger charge is -2.37. The normalized spacial score (nSPS) is 24.1. The topological polar surface area (TPSA) is 38.5 Å². The van der Waals surface area contributed by atoms with Crippen LogP contribution in [0.3, 0.4) is 0 Å². The predicted octanol–water partition coefficient (Wildman–Crippen LogP) is 3.64. The van der Waals surface area contributed by atoms with Crippen LogP contribution in [0.4, 0.5) is 5.69 Å². The molecule has 1 aromatic rings. The first kappa shape index (κ1) is 15.2. The minimum Gasteiger partial charge on any atom is -0.489 e. The maximum atomic E-state index is 6.01. The lowest BCUT2D eigenvalue weighted by atomic mass is 9.84. The Balaban J connectivity index is 2.16. The van der Waals surface area contributed by atoms with Gasteiger partial charge in [0.25, 0.3) is 0 Å². The van der Waals surface area contributed by atoms with Crippen LogP contribution in [0.25, 0.3) is 0 Å². The smallest absolute Gasteiger partial charge is 0.142 e. The minimum atomic E-state index is 0.161. The van der Waals surface area contributed by atoms with Crippen LogP contribution >= 0.6 is 0 Å². The third-order valence-corrected chi connectivity index (χ3v) is 4.35. The van der Waals surface area contributed by atoms with Crippen molar-refractivity contribution in [2.24, 2.45) is 0 Å². The molecule has 1 aliphatic heterocycles. The largest absolute Gasteiger partial charge is 0.489 e. The van der Waals surface area contributed by atoms with Gasteiger partial charge >= 0.3 is 0 Å². The Morgan fingerprint density at radius 1 is 1.40 bits per heavy atom. The molecule has 0 saturated carbocycles. The van der Waals surface area contributed by atoms with Gasteiger partial charge in [-0.1, -0.05) is 13.0 Å². The maximum Gasteiger partial charge on any atom is 0.142 e. The van der Waals surface area contributed by atoms with Crippen molar-refractivity contribution in [3.8, 4) is 5.75 Å². The summed E-state index contributed by atoms with van der Waals surface area (Å²) in [5, 5.41) is 0. The van der Waals surface area contributed by atoms with E-state index in [-0.39, 0.29) is 6.10 Å². The molecule has 2 atom stereocenters. The number of nitrogens with two attached hydrogens (primary N) is 1. The third-order valence-electron chi connectivity index (χ3n) is 4.35. The summed E-state index contributed by atoms with van der Waals surface area (Å²) in [7, 11) is 2.24. The van der Waals surface area contributed by atoms with Crippen LogP contribution in [0.1, 0.15) is 51.5 Å². The monoisotopic (exact) mass is 276 g/mol. The van der Waals surface area contributed by atoms with Gasteiger partial charge in [0.05, 0.1) is 11.8 Å². The second kappa shape index (κ2) is 6.49. The van der Waals surface area contributed by atoms with Crippen LogP contribution in [-0.2, 0) is 0 Å². The quantitative estimate of drug-likeness (QED) is 0.853. The number of likely N-dealkylation sites (tertiary alicyclic amines) is 1. The third kappa shape index (κ3) is 3.45. The Labute approximate surface area is 123 Å². The molecule has 1 heterocycles. The van der Waals surface area contributed by atoms with Crippen LogP contribution in [0, 0.1) is 0 Å². The second-order valence-corrected chi connectivity index (χ2v) is 6.23. The zero-order valence-electron chi connectivity index (χ0n) is 13.2. The molecule has 3 heteroatoms. The molecule has 2 rings (SSSR count). The fourth-order valence-electron chi connectivity index (χ4n) is 3.11. The minimum absolute atomic E-state index is 0.161. The molecular formula is C17H28N2O. The average molecular weight is 276 g/mol. The summed E-state index contributed by atoms with van der Waals surface area (Å²) in [6.45, 7) is 7.53. The fraction of sp³-hybridized carbons (Fsp3) is 0.647. The van der Waals surface area contributed by atoms with Gasteiger partial charge in [-0.25, -0.2) is 0 Å². The Morgan fingerprint density at radius 2 is 2.15 bits per heavy atom. The van der Waals surface area contributed by atoms with Gasteiger partial charge in [-0.3, -0.25) is 0 Å². The molecule has 1 fully saturated rings. The summed E-state index contributed by atoms with van der Waals surface area (Å²) < 4.78 is 5.82. The summed E-state index contributed by atoms with van der Waals surface area (Å²) >= 11 is 0. The molecule has 0 amide bonds. The van der Waals surface area contributed by atoms with Gasteiger partial charge in [0.1, 0.15) is 5.75 Å². The lowest BCUT2D eigenvalue weighted by Crippen LogP contribution is -2.38. The van der Waals surface area contributed by atoms with Crippen molar-refractivity contribution in [3.63, 3.8) is 0 Å². The van der Waals surface area contributed by atoms with Crippen LogP contribution in [-0.4, -0.2) is 30.6 Å². The number of piperidine rings is 1. The van der Waals surface area contributed by atoms with E-state index in [9.17, 15) is 0 Å². The molecule has 0 radical (unpaired) electrons. The van der Waals surface area contributed by atoms with Gasteiger partial charge in [0, 0.05) is 6.04 Å². The first-order valence-electron chi connectivity index (χ1n) is 7.77. The highest BCUT2D eigenvalue weighted by molar-refractivity contribution is 5.54. The van der Waals surface area contributed by atoms with Gasteiger partial charge in [0.2, 0.25) is 0 Å². The van der Waals surface area contributed by atoms with Crippen LogP contribution in [0.2, 0.25) is 0 Å². The highest BCUT2D eigenvalue weighted by Gasteiger charge is 2.26. The first-order valence-corrected chi connectivity index (χ1v) is 7.77. The second-order valence-electron chi connectivity index (χ2n) is 6.23. The first-order chi connectivity index (χ1) is 9.51. The molecule has 0 bridgehead atoms. The van der Waals surface area contributed by atoms with Gasteiger partial charge in [0.15, 0.2) is 0 Å². The summed E-state index contributed by atoms with van der Waals surface area (Å²) in [5.41, 5.74) is 8.12. The number of rotatable bonds is 4. The zero-order chi connectivity index (χ0) is 14.7. The van der Waals surface area contributed by atoms with Crippen molar-refractivity contribution in [2.45, 2.75) is 58.1 Å². The van der Waals surface area contributed by atoms with E-state index in [1.54, 1.807) is 0 Å². The Bertz CT molecular complexity index is 445. The number of ether oxygens (including phenoxy) is 1. The van der Waals surface area contributed by atoms with E-state index in [1.165, 1.54) is 31.4 Å². The van der Waals surface area contributed by atoms with E-state index in [0.29, 0.717) is 12.0 Å². The van der Waals surface area contributed by atoms with Crippen LogP contribution < -0.4 is 10.5 Å². The van der Waals surface area contributed by atoms with Crippen molar-refractivity contribution >= 4 is 5.69 Å². The van der Waals surface area contributed by atoms with E-state index in [0.717, 1.165) is 11.4 Å². The van der Waals surface area contributed by atoms with E-state index in [1.807, 2.05) is 19.9 Å². The molecule has 0 spiro atoms. The summed E-state index contributed by atoms with van der Waals surface area (Å²) in [4.78, 5) is 2.49. The van der Waals surface area contributed by atoms with Crippen LogP contribution in [0.5, 0.6) is 5.75 Å². The molecule has 2 unspecified atom stereocenters. The molecule has 1 aliphatic rings. The van der Waals surface area contributed by atoms with Crippen molar-refractivity contribution in [1.29, 1.82) is 0 Å². The number of hydrogen-bond acceptors (Lipinski definition) is 3. The van der Waals surface area contributed by atoms with Crippen molar-refractivity contribution in [1.82, 2.24) is 4.90 Å². The van der Waals surface area contributed by atoms with Gasteiger partial charge in [-0.2, -0.15) is 0 Å². The molecule has 0 aliphatic carbocycles. The Kier molecular flexibility index (Phi) is 4.92. The molecule has 112 valence electrons. The van der Waals surface area contributed by atoms with Gasteiger partial charge in [-0.05, 0) is 70.3 Å². The van der Waals surface area contributed by atoms with Crippen molar-refractivity contribution in [3.05, 3.63) is 23.8 Å². The van der Waals surface area contributed by atoms with E-state index in [2.05, 4.69) is 31.0 Å². The van der Waals surface area contributed by atoms with E-state index in [4.69, 9.17) is 10.5 Å². The number of nitrogens with zero attached hydrogens (tertiary/aromatic N) is 1. The van der Waals surface area contributed by atoms with E-state index < -0.39 is 0 Å². The van der Waals surface area contributed by atoms with Crippen molar-refractivity contribution in [2.75, 3.05) is 19.3 Å². The van der Waals surface area contributed by atoms with E-state index >= 15 is 0 Å². The molecule has 1 aromatic carbocycles. The van der Waals surface area contributed by atoms with Gasteiger partial charge in [-0.15, -0.1) is 0 Å². The highest BCUT2D eigenvalue weighted by atomic mass is 16.5. The fourth-order valence-corrected chi connectivity index (χ4v) is 3.11. The molecule has 20 heavy (non-hydrogen) atoms. The number of nitrogen functional groups attached to an aromatic ring is 1. The Morgan fingerprint density at radius 3 is 2.80 bits per heavy atom. The average Bonchev–Trinajstić information content (AvgIpc) is 2.41. The molecule has 1 saturated heterocycles.